The molecule has 0 radical (unpaired) electrons. The highest BCUT2D eigenvalue weighted by Crippen LogP contribution is 2.25. The third-order valence-corrected chi connectivity index (χ3v) is 2.78. The molecule has 1 aromatic carbocycles. The van der Waals surface area contributed by atoms with E-state index < -0.39 is 11.6 Å². The van der Waals surface area contributed by atoms with Gasteiger partial charge in [-0.15, -0.1) is 0 Å². The van der Waals surface area contributed by atoms with E-state index in [0.29, 0.717) is 0 Å². The summed E-state index contributed by atoms with van der Waals surface area (Å²) < 4.78 is 26.8. The molecule has 0 aliphatic carbocycles. The van der Waals surface area contributed by atoms with Crippen LogP contribution in [0.4, 0.5) is 20.4 Å². The van der Waals surface area contributed by atoms with Crippen molar-refractivity contribution in [2.24, 2.45) is 0 Å². The van der Waals surface area contributed by atoms with E-state index in [0.717, 1.165) is 12.1 Å². The van der Waals surface area contributed by atoms with Crippen molar-refractivity contribution in [3.05, 3.63) is 38.8 Å². The smallest absolute Gasteiger partial charge is 0.232 e. The number of nitrogens with zero attached hydrogens (tertiary/aromatic N) is 3. The molecule has 0 aliphatic heterocycles. The summed E-state index contributed by atoms with van der Waals surface area (Å²) in [5.74, 6) is -1.40. The van der Waals surface area contributed by atoms with Crippen molar-refractivity contribution in [2.75, 3.05) is 5.32 Å². The number of benzene rings is 1. The fourth-order valence-electron chi connectivity index (χ4n) is 1.12. The average molecular weight is 356 g/mol. The van der Waals surface area contributed by atoms with Gasteiger partial charge in [0.25, 0.3) is 0 Å². The number of hydrogen-bond acceptors (Lipinski definition) is 4. The van der Waals surface area contributed by atoms with Gasteiger partial charge in [-0.2, -0.15) is 15.0 Å². The monoisotopic (exact) mass is 354 g/mol. The minimum absolute atomic E-state index is 0.0114. The molecule has 2 aromatic rings. The Balaban J connectivity index is 2.36. The number of halogens is 5. The third-order valence-electron chi connectivity index (χ3n) is 1.84. The Labute approximate surface area is 119 Å². The van der Waals surface area contributed by atoms with Crippen molar-refractivity contribution in [3.63, 3.8) is 0 Å². The summed E-state index contributed by atoms with van der Waals surface area (Å²) in [6.45, 7) is 0. The molecule has 0 spiro atoms. The van der Waals surface area contributed by atoms with Crippen LogP contribution in [0.25, 0.3) is 0 Å². The second-order valence-corrected chi connectivity index (χ2v) is 4.60. The highest BCUT2D eigenvalue weighted by molar-refractivity contribution is 9.10. The first-order valence-corrected chi connectivity index (χ1v) is 5.99. The highest BCUT2D eigenvalue weighted by Gasteiger charge is 2.10. The normalized spacial score (nSPS) is 10.5. The first kappa shape index (κ1) is 13.4. The topological polar surface area (TPSA) is 50.7 Å². The number of nitrogens with one attached hydrogen (secondary N) is 1. The standard InChI is InChI=1S/C9H3BrCl2F2N4/c10-3-1-5(14)6(2-4(3)13)15-9-17-7(11)16-8(12)18-9/h1-2H,(H,15,16,17,18). The number of rotatable bonds is 2. The van der Waals surface area contributed by atoms with Crippen LogP contribution in [0.3, 0.4) is 0 Å². The van der Waals surface area contributed by atoms with Gasteiger partial charge in [-0.05, 0) is 45.2 Å². The summed E-state index contributed by atoms with van der Waals surface area (Å²) in [7, 11) is 0. The molecule has 0 amide bonds. The van der Waals surface area contributed by atoms with Crippen LogP contribution in [-0.2, 0) is 0 Å². The molecule has 0 unspecified atom stereocenters. The summed E-state index contributed by atoms with van der Waals surface area (Å²) >= 11 is 14.0. The maximum Gasteiger partial charge on any atom is 0.232 e. The molecular formula is C9H3BrCl2F2N4. The lowest BCUT2D eigenvalue weighted by molar-refractivity contribution is 0.597. The van der Waals surface area contributed by atoms with E-state index in [-0.39, 0.29) is 26.7 Å². The van der Waals surface area contributed by atoms with Gasteiger partial charge in [0.05, 0.1) is 10.2 Å². The maximum atomic E-state index is 13.5. The second-order valence-electron chi connectivity index (χ2n) is 3.07. The average Bonchev–Trinajstić information content (AvgIpc) is 2.24. The summed E-state index contributed by atoms with van der Waals surface area (Å²) in [6, 6.07) is 1.92. The SMILES string of the molecule is Fc1cc(Nc2nc(Cl)nc(Cl)n2)c(F)cc1Br. The zero-order valence-electron chi connectivity index (χ0n) is 8.39. The highest BCUT2D eigenvalue weighted by atomic mass is 79.9. The van der Waals surface area contributed by atoms with Gasteiger partial charge in [0.1, 0.15) is 11.6 Å². The zero-order chi connectivity index (χ0) is 13.3. The maximum absolute atomic E-state index is 13.5. The van der Waals surface area contributed by atoms with Crippen LogP contribution in [0.2, 0.25) is 10.6 Å². The molecule has 0 atom stereocenters. The van der Waals surface area contributed by atoms with Crippen molar-refractivity contribution in [1.82, 2.24) is 15.0 Å². The number of aromatic nitrogens is 3. The molecular weight excluding hydrogens is 353 g/mol. The Morgan fingerprint density at radius 2 is 1.61 bits per heavy atom. The predicted molar refractivity (Wildman–Crippen MR) is 67.2 cm³/mol. The Kier molecular flexibility index (Phi) is 3.94. The second kappa shape index (κ2) is 5.29. The molecule has 0 fully saturated rings. The van der Waals surface area contributed by atoms with E-state index >= 15 is 0 Å². The fraction of sp³-hybridized carbons (Fsp3) is 0. The minimum atomic E-state index is -0.684. The van der Waals surface area contributed by atoms with Gasteiger partial charge in [0, 0.05) is 6.07 Å². The van der Waals surface area contributed by atoms with Crippen LogP contribution in [-0.4, -0.2) is 15.0 Å². The van der Waals surface area contributed by atoms with Gasteiger partial charge >= 0.3 is 0 Å². The van der Waals surface area contributed by atoms with E-state index in [9.17, 15) is 8.78 Å². The molecule has 4 nitrogen and oxygen atoms in total. The van der Waals surface area contributed by atoms with Gasteiger partial charge in [0.15, 0.2) is 0 Å². The van der Waals surface area contributed by atoms with E-state index in [4.69, 9.17) is 23.2 Å². The predicted octanol–water partition coefficient (Wildman–Crippen LogP) is 3.96. The molecule has 0 aliphatic rings. The quantitative estimate of drug-likeness (QED) is 0.828. The summed E-state index contributed by atoms with van der Waals surface area (Å²) in [5.41, 5.74) is -0.144. The third kappa shape index (κ3) is 3.04. The number of anilines is 2. The van der Waals surface area contributed by atoms with Gasteiger partial charge in [-0.1, -0.05) is 0 Å². The van der Waals surface area contributed by atoms with Crippen LogP contribution < -0.4 is 5.32 Å². The van der Waals surface area contributed by atoms with Crippen molar-refractivity contribution in [2.45, 2.75) is 0 Å². The Hall–Kier alpha value is -1.05. The van der Waals surface area contributed by atoms with E-state index in [1.165, 1.54) is 0 Å². The minimum Gasteiger partial charge on any atom is -0.321 e. The van der Waals surface area contributed by atoms with E-state index in [2.05, 4.69) is 36.2 Å². The lowest BCUT2D eigenvalue weighted by Gasteiger charge is -2.07. The van der Waals surface area contributed by atoms with Crippen molar-refractivity contribution >= 4 is 50.8 Å². The van der Waals surface area contributed by atoms with Gasteiger partial charge in [-0.25, -0.2) is 8.78 Å². The molecule has 0 saturated heterocycles. The van der Waals surface area contributed by atoms with Gasteiger partial charge in [-0.3, -0.25) is 0 Å². The van der Waals surface area contributed by atoms with Crippen LogP contribution in [0.15, 0.2) is 16.6 Å². The van der Waals surface area contributed by atoms with Crippen LogP contribution in [0.1, 0.15) is 0 Å². The molecule has 2 rings (SSSR count). The van der Waals surface area contributed by atoms with E-state index in [1.54, 1.807) is 0 Å². The Morgan fingerprint density at radius 3 is 2.22 bits per heavy atom. The summed E-state index contributed by atoms with van der Waals surface area (Å²) in [5, 5.41) is 2.14. The lowest BCUT2D eigenvalue weighted by Crippen LogP contribution is -2.01. The Morgan fingerprint density at radius 1 is 1.00 bits per heavy atom. The Bertz CT molecular complexity index is 591. The van der Waals surface area contributed by atoms with Crippen LogP contribution in [0.5, 0.6) is 0 Å². The molecule has 1 N–H and O–H groups in total. The number of hydrogen-bond donors (Lipinski definition) is 1. The molecule has 9 heteroatoms. The van der Waals surface area contributed by atoms with E-state index in [1.807, 2.05) is 0 Å². The molecule has 18 heavy (non-hydrogen) atoms. The molecule has 1 heterocycles. The fourth-order valence-corrected chi connectivity index (χ4v) is 1.80. The summed E-state index contributed by atoms with van der Waals surface area (Å²) in [4.78, 5) is 10.9. The van der Waals surface area contributed by atoms with Crippen LogP contribution in [0, 0.1) is 11.6 Å². The molecule has 0 bridgehead atoms. The van der Waals surface area contributed by atoms with Crippen molar-refractivity contribution in [1.29, 1.82) is 0 Å². The van der Waals surface area contributed by atoms with Gasteiger partial charge in [0.2, 0.25) is 16.5 Å². The first-order chi connectivity index (χ1) is 8.45. The summed E-state index contributed by atoms with van der Waals surface area (Å²) in [6.07, 6.45) is 0. The van der Waals surface area contributed by atoms with Crippen molar-refractivity contribution in [3.8, 4) is 0 Å². The molecule has 94 valence electrons. The first-order valence-electron chi connectivity index (χ1n) is 4.44. The van der Waals surface area contributed by atoms with Gasteiger partial charge < -0.3 is 5.32 Å². The molecule has 1 aromatic heterocycles. The van der Waals surface area contributed by atoms with Crippen LogP contribution >= 0.6 is 39.1 Å². The molecule has 0 saturated carbocycles. The largest absolute Gasteiger partial charge is 0.321 e. The zero-order valence-corrected chi connectivity index (χ0v) is 11.5. The van der Waals surface area contributed by atoms with Crippen molar-refractivity contribution < 1.29 is 8.78 Å². The lowest BCUT2D eigenvalue weighted by atomic mass is 10.3.